The van der Waals surface area contributed by atoms with Gasteiger partial charge in [0.1, 0.15) is 0 Å². The minimum atomic E-state index is -3.29. The molecule has 2 aromatic carbocycles. The number of amides is 1. The number of anilines is 1. The van der Waals surface area contributed by atoms with Crippen molar-refractivity contribution in [1.29, 1.82) is 0 Å². The van der Waals surface area contributed by atoms with Crippen molar-refractivity contribution in [2.45, 2.75) is 6.54 Å². The summed E-state index contributed by atoms with van der Waals surface area (Å²) in [6.45, 7) is 2.14. The summed E-state index contributed by atoms with van der Waals surface area (Å²) in [5.74, 6) is -0.165. The standard InChI is InChI=1S/C20H25N3O3S/c1-23(16-18-6-4-3-5-7-18)15-14-21-20(24)13-10-17-8-11-19(12-9-17)22-27(2,25)26/h3-13,22H,14-16H2,1-2H3,(H,21,24)/b13-10+. The van der Waals surface area contributed by atoms with Crippen LogP contribution in [0.15, 0.2) is 60.7 Å². The van der Waals surface area contributed by atoms with Gasteiger partial charge in [0.25, 0.3) is 0 Å². The molecule has 0 heterocycles. The number of carbonyl (C=O) groups is 1. The van der Waals surface area contributed by atoms with Crippen LogP contribution in [0.5, 0.6) is 0 Å². The molecule has 0 aromatic heterocycles. The lowest BCUT2D eigenvalue weighted by Crippen LogP contribution is -2.31. The maximum Gasteiger partial charge on any atom is 0.244 e. The average molecular weight is 388 g/mol. The average Bonchev–Trinajstić information content (AvgIpc) is 2.61. The second-order valence-electron chi connectivity index (χ2n) is 6.34. The zero-order valence-corrected chi connectivity index (χ0v) is 16.4. The molecular formula is C20H25N3O3S. The van der Waals surface area contributed by atoms with Crippen LogP contribution in [0.25, 0.3) is 6.08 Å². The second kappa shape index (κ2) is 9.89. The molecule has 144 valence electrons. The minimum absolute atomic E-state index is 0.165. The molecule has 0 atom stereocenters. The summed E-state index contributed by atoms with van der Waals surface area (Å²) in [5.41, 5.74) is 2.53. The van der Waals surface area contributed by atoms with Gasteiger partial charge in [-0.2, -0.15) is 0 Å². The van der Waals surface area contributed by atoms with Crippen LogP contribution in [0.2, 0.25) is 0 Å². The van der Waals surface area contributed by atoms with Gasteiger partial charge < -0.3 is 10.2 Å². The van der Waals surface area contributed by atoms with E-state index in [2.05, 4.69) is 27.1 Å². The summed E-state index contributed by atoms with van der Waals surface area (Å²) < 4.78 is 24.7. The normalized spacial score (nSPS) is 11.7. The maximum absolute atomic E-state index is 11.9. The topological polar surface area (TPSA) is 78.5 Å². The molecule has 0 unspecified atom stereocenters. The third kappa shape index (κ3) is 8.52. The third-order valence-corrected chi connectivity index (χ3v) is 4.34. The molecule has 0 saturated carbocycles. The number of nitrogens with one attached hydrogen (secondary N) is 2. The number of hydrogen-bond donors (Lipinski definition) is 2. The predicted molar refractivity (Wildman–Crippen MR) is 110 cm³/mol. The van der Waals surface area contributed by atoms with E-state index in [0.29, 0.717) is 12.2 Å². The van der Waals surface area contributed by atoms with Gasteiger partial charge in [0.15, 0.2) is 0 Å². The zero-order chi connectivity index (χ0) is 19.7. The zero-order valence-electron chi connectivity index (χ0n) is 15.6. The van der Waals surface area contributed by atoms with Crippen molar-refractivity contribution in [2.24, 2.45) is 0 Å². The van der Waals surface area contributed by atoms with Gasteiger partial charge in [0.05, 0.1) is 6.26 Å². The van der Waals surface area contributed by atoms with Crippen LogP contribution in [0.4, 0.5) is 5.69 Å². The lowest BCUT2D eigenvalue weighted by Gasteiger charge is -2.16. The highest BCUT2D eigenvalue weighted by atomic mass is 32.2. The summed E-state index contributed by atoms with van der Waals surface area (Å²) in [4.78, 5) is 14.0. The molecule has 0 bridgehead atoms. The van der Waals surface area contributed by atoms with E-state index in [4.69, 9.17) is 0 Å². The molecule has 2 aromatic rings. The van der Waals surface area contributed by atoms with E-state index in [1.54, 1.807) is 30.3 Å². The van der Waals surface area contributed by atoms with E-state index in [1.807, 2.05) is 25.2 Å². The van der Waals surface area contributed by atoms with E-state index < -0.39 is 10.0 Å². The Morgan fingerprint density at radius 1 is 1.07 bits per heavy atom. The fraction of sp³-hybridized carbons (Fsp3) is 0.250. The van der Waals surface area contributed by atoms with Gasteiger partial charge in [-0.05, 0) is 36.4 Å². The number of likely N-dealkylation sites (N-methyl/N-ethyl adjacent to an activating group) is 1. The van der Waals surface area contributed by atoms with Gasteiger partial charge in [-0.25, -0.2) is 8.42 Å². The SMILES string of the molecule is CN(CCNC(=O)/C=C/c1ccc(NS(C)(=O)=O)cc1)Cc1ccccc1. The molecule has 2 rings (SSSR count). The van der Waals surface area contributed by atoms with Gasteiger partial charge in [-0.1, -0.05) is 42.5 Å². The van der Waals surface area contributed by atoms with Gasteiger partial charge in [-0.3, -0.25) is 9.52 Å². The van der Waals surface area contributed by atoms with Gasteiger partial charge in [-0.15, -0.1) is 0 Å². The summed E-state index contributed by atoms with van der Waals surface area (Å²) >= 11 is 0. The maximum atomic E-state index is 11.9. The van der Waals surface area contributed by atoms with Crippen molar-refractivity contribution < 1.29 is 13.2 Å². The first-order chi connectivity index (χ1) is 12.8. The van der Waals surface area contributed by atoms with Crippen LogP contribution in [0.3, 0.4) is 0 Å². The molecule has 0 saturated heterocycles. The molecule has 0 fully saturated rings. The number of carbonyl (C=O) groups excluding carboxylic acids is 1. The highest BCUT2D eigenvalue weighted by molar-refractivity contribution is 7.92. The first-order valence-electron chi connectivity index (χ1n) is 8.58. The highest BCUT2D eigenvalue weighted by Gasteiger charge is 2.02. The molecule has 6 nitrogen and oxygen atoms in total. The Morgan fingerprint density at radius 3 is 2.37 bits per heavy atom. The molecule has 0 spiro atoms. The molecule has 0 aliphatic rings. The van der Waals surface area contributed by atoms with Crippen LogP contribution in [-0.4, -0.2) is 45.6 Å². The lowest BCUT2D eigenvalue weighted by atomic mass is 10.2. The Bertz CT molecular complexity index is 863. The largest absolute Gasteiger partial charge is 0.351 e. The Hall–Kier alpha value is -2.64. The van der Waals surface area contributed by atoms with Gasteiger partial charge in [0.2, 0.25) is 15.9 Å². The Kier molecular flexibility index (Phi) is 7.57. The van der Waals surface area contributed by atoms with E-state index >= 15 is 0 Å². The van der Waals surface area contributed by atoms with Crippen LogP contribution in [0, 0.1) is 0 Å². The summed E-state index contributed by atoms with van der Waals surface area (Å²) in [7, 11) is -1.27. The molecule has 2 N–H and O–H groups in total. The van der Waals surface area contributed by atoms with Crippen LogP contribution in [0.1, 0.15) is 11.1 Å². The Balaban J connectivity index is 1.73. The first kappa shape index (κ1) is 20.7. The van der Waals surface area contributed by atoms with E-state index in [-0.39, 0.29) is 5.91 Å². The van der Waals surface area contributed by atoms with E-state index in [0.717, 1.165) is 24.9 Å². The van der Waals surface area contributed by atoms with Crippen molar-refractivity contribution in [3.63, 3.8) is 0 Å². The number of rotatable bonds is 9. The molecule has 27 heavy (non-hydrogen) atoms. The van der Waals surface area contributed by atoms with Crippen molar-refractivity contribution in [2.75, 3.05) is 31.1 Å². The van der Waals surface area contributed by atoms with E-state index in [1.165, 1.54) is 11.6 Å². The molecule has 7 heteroatoms. The number of nitrogens with zero attached hydrogens (tertiary/aromatic N) is 1. The number of benzene rings is 2. The van der Waals surface area contributed by atoms with Crippen LogP contribution < -0.4 is 10.0 Å². The smallest absolute Gasteiger partial charge is 0.244 e. The second-order valence-corrected chi connectivity index (χ2v) is 8.09. The monoisotopic (exact) mass is 387 g/mol. The fourth-order valence-corrected chi connectivity index (χ4v) is 3.02. The molecule has 0 radical (unpaired) electrons. The quantitative estimate of drug-likeness (QED) is 0.647. The van der Waals surface area contributed by atoms with Crippen molar-refractivity contribution in [1.82, 2.24) is 10.2 Å². The van der Waals surface area contributed by atoms with Crippen molar-refractivity contribution >= 4 is 27.7 Å². The molecular weight excluding hydrogens is 362 g/mol. The van der Waals surface area contributed by atoms with Crippen LogP contribution in [-0.2, 0) is 21.4 Å². The van der Waals surface area contributed by atoms with E-state index in [9.17, 15) is 13.2 Å². The number of sulfonamides is 1. The predicted octanol–water partition coefficient (Wildman–Crippen LogP) is 2.32. The fourth-order valence-electron chi connectivity index (χ4n) is 2.45. The summed E-state index contributed by atoms with van der Waals surface area (Å²) in [6.07, 6.45) is 4.26. The Labute approximate surface area is 161 Å². The Morgan fingerprint density at radius 2 is 1.74 bits per heavy atom. The van der Waals surface area contributed by atoms with Gasteiger partial charge >= 0.3 is 0 Å². The molecule has 1 amide bonds. The summed E-state index contributed by atoms with van der Waals surface area (Å²) in [6, 6.07) is 17.0. The van der Waals surface area contributed by atoms with Crippen molar-refractivity contribution in [3.8, 4) is 0 Å². The summed E-state index contributed by atoms with van der Waals surface area (Å²) in [5, 5.41) is 2.85. The minimum Gasteiger partial charge on any atom is -0.351 e. The van der Waals surface area contributed by atoms with Gasteiger partial charge in [0, 0.05) is 31.4 Å². The van der Waals surface area contributed by atoms with Crippen molar-refractivity contribution in [3.05, 3.63) is 71.8 Å². The van der Waals surface area contributed by atoms with Crippen LogP contribution >= 0.6 is 0 Å². The lowest BCUT2D eigenvalue weighted by molar-refractivity contribution is -0.116. The highest BCUT2D eigenvalue weighted by Crippen LogP contribution is 2.11. The first-order valence-corrected chi connectivity index (χ1v) is 10.5. The third-order valence-electron chi connectivity index (χ3n) is 3.73. The molecule has 0 aliphatic heterocycles. The number of hydrogen-bond acceptors (Lipinski definition) is 4. The molecule has 0 aliphatic carbocycles.